The number of amides is 2. The van der Waals surface area contributed by atoms with Crippen LogP contribution in [-0.2, 0) is 32.0 Å². The first-order chi connectivity index (χ1) is 17.4. The van der Waals surface area contributed by atoms with E-state index in [9.17, 15) is 14.4 Å². The Morgan fingerprint density at radius 2 is 1.78 bits per heavy atom. The van der Waals surface area contributed by atoms with Crippen molar-refractivity contribution in [1.82, 2.24) is 14.8 Å². The first-order valence-corrected chi connectivity index (χ1v) is 13.5. The summed E-state index contributed by atoms with van der Waals surface area (Å²) >= 11 is 0. The molecule has 2 aliphatic rings. The smallest absolute Gasteiger partial charge is 0.410 e. The molecule has 1 aliphatic carbocycles. The fourth-order valence-electron chi connectivity index (χ4n) is 5.59. The van der Waals surface area contributed by atoms with Gasteiger partial charge < -0.3 is 24.3 Å². The number of hydrogen-bond acceptors (Lipinski definition) is 5. The second-order valence-electron chi connectivity index (χ2n) is 11.9. The van der Waals surface area contributed by atoms with E-state index in [1.165, 1.54) is 0 Å². The van der Waals surface area contributed by atoms with Crippen molar-refractivity contribution in [3.05, 3.63) is 35.5 Å². The van der Waals surface area contributed by atoms with Gasteiger partial charge in [-0.2, -0.15) is 0 Å². The number of hydrogen-bond donors (Lipinski definition) is 1. The van der Waals surface area contributed by atoms with Crippen LogP contribution in [0.15, 0.2) is 24.3 Å². The molecule has 1 N–H and O–H groups in total. The third-order valence-corrected chi connectivity index (χ3v) is 7.34. The van der Waals surface area contributed by atoms with Gasteiger partial charge in [0.15, 0.2) is 0 Å². The molecule has 0 unspecified atom stereocenters. The van der Waals surface area contributed by atoms with E-state index in [1.54, 1.807) is 16.8 Å². The monoisotopic (exact) mass is 511 g/mol. The van der Waals surface area contributed by atoms with Gasteiger partial charge in [-0.3, -0.25) is 4.79 Å². The molecule has 1 aromatic carbocycles. The highest BCUT2D eigenvalue weighted by Crippen LogP contribution is 2.35. The molecule has 202 valence electrons. The quantitative estimate of drug-likeness (QED) is 0.568. The molecule has 4 rings (SSSR count). The zero-order valence-corrected chi connectivity index (χ0v) is 23.0. The second-order valence-corrected chi connectivity index (χ2v) is 11.9. The molecule has 0 radical (unpaired) electrons. The summed E-state index contributed by atoms with van der Waals surface area (Å²) in [5.41, 5.74) is 2.59. The molecule has 8 heteroatoms. The number of carbonyl (C=O) groups is 3. The molecule has 0 saturated heterocycles. The summed E-state index contributed by atoms with van der Waals surface area (Å²) in [6.07, 6.45) is 3.09. The van der Waals surface area contributed by atoms with Crippen LogP contribution in [0.2, 0.25) is 0 Å². The summed E-state index contributed by atoms with van der Waals surface area (Å²) in [6.45, 7) is 10.2. The number of nitrogens with zero attached hydrogens (tertiary/aromatic N) is 2. The maximum Gasteiger partial charge on any atom is 0.410 e. The predicted molar refractivity (Wildman–Crippen MR) is 142 cm³/mol. The Kier molecular flexibility index (Phi) is 7.85. The highest BCUT2D eigenvalue weighted by molar-refractivity contribution is 5.90. The Bertz CT molecular complexity index is 1140. The molecule has 1 aliphatic heterocycles. The van der Waals surface area contributed by atoms with E-state index >= 15 is 0 Å². The zero-order valence-electron chi connectivity index (χ0n) is 23.0. The van der Waals surface area contributed by atoms with Crippen molar-refractivity contribution < 1.29 is 23.9 Å². The minimum absolute atomic E-state index is 0.0222. The number of para-hydroxylation sites is 1. The Morgan fingerprint density at radius 3 is 2.43 bits per heavy atom. The molecule has 0 bridgehead atoms. The molecule has 0 spiro atoms. The maximum absolute atomic E-state index is 13.8. The number of H-pyrrole nitrogens is 1. The van der Waals surface area contributed by atoms with Crippen LogP contribution in [0.1, 0.15) is 71.6 Å². The standard InChI is InChI=1S/C29H41N3O5/c1-18(2)36-27(34)25-15-22-21-9-7-8-10-23(21)30-24(22)17-32(25)26(33)20-13-11-19(12-14-20)16-31(6)28(35)37-29(3,4)5/h7-10,18-20,25,30H,11-17H2,1-6H3/t19?,20?,25-/m0/s1. The Labute approximate surface area is 219 Å². The van der Waals surface area contributed by atoms with E-state index in [1.807, 2.05) is 52.8 Å². The van der Waals surface area contributed by atoms with Gasteiger partial charge in [0.1, 0.15) is 11.6 Å². The number of nitrogens with one attached hydrogen (secondary N) is 1. The number of benzene rings is 1. The van der Waals surface area contributed by atoms with Crippen molar-refractivity contribution in [3.63, 3.8) is 0 Å². The fourth-order valence-corrected chi connectivity index (χ4v) is 5.59. The predicted octanol–water partition coefficient (Wildman–Crippen LogP) is 5.05. The van der Waals surface area contributed by atoms with Crippen LogP contribution >= 0.6 is 0 Å². The van der Waals surface area contributed by atoms with E-state index in [-0.39, 0.29) is 30.0 Å². The van der Waals surface area contributed by atoms with Crippen molar-refractivity contribution in [2.75, 3.05) is 13.6 Å². The summed E-state index contributed by atoms with van der Waals surface area (Å²) in [7, 11) is 1.77. The summed E-state index contributed by atoms with van der Waals surface area (Å²) in [4.78, 5) is 46.1. The number of esters is 1. The lowest BCUT2D eigenvalue weighted by molar-refractivity contribution is -0.161. The molecular formula is C29H41N3O5. The molecule has 1 aromatic heterocycles. The van der Waals surface area contributed by atoms with Crippen molar-refractivity contribution in [3.8, 4) is 0 Å². The second kappa shape index (κ2) is 10.8. The largest absolute Gasteiger partial charge is 0.461 e. The Balaban J connectivity index is 1.44. The van der Waals surface area contributed by atoms with E-state index in [0.29, 0.717) is 25.4 Å². The van der Waals surface area contributed by atoms with Crippen molar-refractivity contribution >= 4 is 28.9 Å². The van der Waals surface area contributed by atoms with E-state index < -0.39 is 11.6 Å². The van der Waals surface area contributed by atoms with Crippen LogP contribution in [0.5, 0.6) is 0 Å². The number of rotatable bonds is 5. The van der Waals surface area contributed by atoms with Crippen molar-refractivity contribution in [2.45, 2.75) is 91.0 Å². The summed E-state index contributed by atoms with van der Waals surface area (Å²) in [5.74, 6) is -0.130. The van der Waals surface area contributed by atoms with Crippen LogP contribution in [0.4, 0.5) is 4.79 Å². The average Bonchev–Trinajstić information content (AvgIpc) is 3.19. The fraction of sp³-hybridized carbons (Fsp3) is 0.621. The van der Waals surface area contributed by atoms with Crippen LogP contribution in [-0.4, -0.2) is 64.1 Å². The summed E-state index contributed by atoms with van der Waals surface area (Å²) < 4.78 is 11.1. The molecule has 2 aromatic rings. The van der Waals surface area contributed by atoms with Crippen molar-refractivity contribution in [2.24, 2.45) is 11.8 Å². The lowest BCUT2D eigenvalue weighted by Crippen LogP contribution is -2.52. The molecule has 2 amide bonds. The van der Waals surface area contributed by atoms with Crippen molar-refractivity contribution in [1.29, 1.82) is 0 Å². The minimum atomic E-state index is -0.627. The van der Waals surface area contributed by atoms with Gasteiger partial charge in [0.25, 0.3) is 0 Å². The maximum atomic E-state index is 13.8. The van der Waals surface area contributed by atoms with Crippen LogP contribution in [0.25, 0.3) is 10.9 Å². The number of aromatic nitrogens is 1. The molecule has 37 heavy (non-hydrogen) atoms. The van der Waals surface area contributed by atoms with Gasteiger partial charge in [0, 0.05) is 42.5 Å². The van der Waals surface area contributed by atoms with E-state index in [0.717, 1.165) is 47.8 Å². The lowest BCUT2D eigenvalue weighted by atomic mass is 9.80. The van der Waals surface area contributed by atoms with E-state index in [4.69, 9.17) is 9.47 Å². The Morgan fingerprint density at radius 1 is 1.11 bits per heavy atom. The lowest BCUT2D eigenvalue weighted by Gasteiger charge is -2.38. The van der Waals surface area contributed by atoms with Gasteiger partial charge in [0.05, 0.1) is 12.6 Å². The highest BCUT2D eigenvalue weighted by Gasteiger charge is 2.41. The molecular weight excluding hydrogens is 470 g/mol. The SMILES string of the molecule is CC(C)OC(=O)[C@@H]1Cc2c([nH]c3ccccc23)CN1C(=O)C1CCC(CN(C)C(=O)OC(C)(C)C)CC1. The normalized spacial score (nSPS) is 22.0. The zero-order chi connectivity index (χ0) is 26.9. The number of ether oxygens (including phenoxy) is 2. The van der Waals surface area contributed by atoms with Crippen LogP contribution in [0, 0.1) is 11.8 Å². The summed E-state index contributed by atoms with van der Waals surface area (Å²) in [5, 5.41) is 1.10. The van der Waals surface area contributed by atoms with Gasteiger partial charge >= 0.3 is 12.1 Å². The molecule has 1 fully saturated rings. The molecule has 8 nitrogen and oxygen atoms in total. The number of aromatic amines is 1. The third-order valence-electron chi connectivity index (χ3n) is 7.34. The minimum Gasteiger partial charge on any atom is -0.461 e. The van der Waals surface area contributed by atoms with Gasteiger partial charge in [-0.05, 0) is 77.8 Å². The molecule has 2 heterocycles. The van der Waals surface area contributed by atoms with Gasteiger partial charge in [-0.1, -0.05) is 18.2 Å². The average molecular weight is 512 g/mol. The van der Waals surface area contributed by atoms with Gasteiger partial charge in [-0.25, -0.2) is 9.59 Å². The third kappa shape index (κ3) is 6.28. The molecule has 1 atom stereocenters. The number of carbonyl (C=O) groups excluding carboxylic acids is 3. The van der Waals surface area contributed by atoms with Crippen LogP contribution < -0.4 is 0 Å². The van der Waals surface area contributed by atoms with Crippen LogP contribution in [0.3, 0.4) is 0 Å². The number of fused-ring (bicyclic) bond motifs is 3. The van der Waals surface area contributed by atoms with Gasteiger partial charge in [0.2, 0.25) is 5.91 Å². The van der Waals surface area contributed by atoms with E-state index in [2.05, 4.69) is 11.1 Å². The molecule has 1 saturated carbocycles. The highest BCUT2D eigenvalue weighted by atomic mass is 16.6. The topological polar surface area (TPSA) is 91.9 Å². The Hall–Kier alpha value is -3.03. The summed E-state index contributed by atoms with van der Waals surface area (Å²) in [6, 6.07) is 7.43. The van der Waals surface area contributed by atoms with Gasteiger partial charge in [-0.15, -0.1) is 0 Å². The first kappa shape index (κ1) is 27.0. The first-order valence-electron chi connectivity index (χ1n) is 13.5.